The topological polar surface area (TPSA) is 94.3 Å². The van der Waals surface area contributed by atoms with Gasteiger partial charge in [0.15, 0.2) is 5.96 Å². The molecule has 3 N–H and O–H groups in total. The Hall–Kier alpha value is -1.83. The number of guanidine groups is 1. The Morgan fingerprint density at radius 2 is 1.88 bits per heavy atom. The molecule has 2 fully saturated rings. The van der Waals surface area contributed by atoms with Crippen molar-refractivity contribution in [3.05, 3.63) is 0 Å². The van der Waals surface area contributed by atoms with Crippen LogP contribution in [0.3, 0.4) is 0 Å². The molecule has 0 radical (unpaired) electrons. The summed E-state index contributed by atoms with van der Waals surface area (Å²) < 4.78 is 0. The molecule has 142 valence electrons. The zero-order chi connectivity index (χ0) is 18.2. The molecule has 2 rings (SSSR count). The number of rotatable bonds is 5. The number of nitrogens with one attached hydrogen (secondary N) is 1. The van der Waals surface area contributed by atoms with Crippen molar-refractivity contribution in [3.63, 3.8) is 0 Å². The van der Waals surface area contributed by atoms with Gasteiger partial charge in [-0.25, -0.2) is 0 Å². The van der Waals surface area contributed by atoms with E-state index in [1.165, 1.54) is 0 Å². The van der Waals surface area contributed by atoms with Gasteiger partial charge in [0.2, 0.25) is 11.8 Å². The Balaban J connectivity index is 1.71. The highest BCUT2D eigenvalue weighted by Gasteiger charge is 2.24. The van der Waals surface area contributed by atoms with E-state index in [4.69, 9.17) is 5.73 Å². The average molecular weight is 352 g/mol. The Morgan fingerprint density at radius 1 is 1.16 bits per heavy atom. The summed E-state index contributed by atoms with van der Waals surface area (Å²) in [5.74, 6) is 1.16. The van der Waals surface area contributed by atoms with E-state index in [0.29, 0.717) is 12.3 Å². The highest BCUT2D eigenvalue weighted by molar-refractivity contribution is 5.80. The molecule has 0 aliphatic carbocycles. The van der Waals surface area contributed by atoms with Gasteiger partial charge in [-0.1, -0.05) is 0 Å². The smallest absolute Gasteiger partial charge is 0.219 e. The molecular formula is C17H32N6O2. The molecule has 1 unspecified atom stereocenters. The first-order valence-electron chi connectivity index (χ1n) is 9.21. The number of hydrogen-bond donors (Lipinski definition) is 2. The highest BCUT2D eigenvalue weighted by atomic mass is 16.2. The van der Waals surface area contributed by atoms with Gasteiger partial charge in [-0.3, -0.25) is 19.5 Å². The van der Waals surface area contributed by atoms with Crippen molar-refractivity contribution in [2.24, 2.45) is 16.6 Å². The van der Waals surface area contributed by atoms with E-state index in [0.717, 1.165) is 71.2 Å². The quantitative estimate of drug-likeness (QED) is 0.505. The average Bonchev–Trinajstić information content (AvgIpc) is 2.59. The summed E-state index contributed by atoms with van der Waals surface area (Å²) in [4.78, 5) is 33.4. The van der Waals surface area contributed by atoms with Crippen molar-refractivity contribution >= 4 is 17.8 Å². The zero-order valence-electron chi connectivity index (χ0n) is 15.5. The lowest BCUT2D eigenvalue weighted by molar-refractivity contribution is -0.130. The van der Waals surface area contributed by atoms with E-state index < -0.39 is 0 Å². The zero-order valence-corrected chi connectivity index (χ0v) is 15.5. The van der Waals surface area contributed by atoms with E-state index in [1.54, 1.807) is 14.0 Å². The maximum atomic E-state index is 11.4. The molecule has 2 aliphatic rings. The van der Waals surface area contributed by atoms with Crippen LogP contribution in [0, 0.1) is 5.92 Å². The minimum absolute atomic E-state index is 0.161. The highest BCUT2D eigenvalue weighted by Crippen LogP contribution is 2.19. The van der Waals surface area contributed by atoms with E-state index >= 15 is 0 Å². The van der Waals surface area contributed by atoms with Gasteiger partial charge in [0.1, 0.15) is 0 Å². The third-order valence-electron chi connectivity index (χ3n) is 5.05. The van der Waals surface area contributed by atoms with Crippen LogP contribution in [0.25, 0.3) is 0 Å². The van der Waals surface area contributed by atoms with Gasteiger partial charge in [0.05, 0.1) is 0 Å². The largest absolute Gasteiger partial charge is 0.370 e. The van der Waals surface area contributed by atoms with Crippen LogP contribution in [0.2, 0.25) is 0 Å². The molecule has 0 spiro atoms. The first kappa shape index (κ1) is 19.5. The van der Waals surface area contributed by atoms with Crippen molar-refractivity contribution in [1.82, 2.24) is 20.0 Å². The Labute approximate surface area is 150 Å². The van der Waals surface area contributed by atoms with Gasteiger partial charge in [-0.15, -0.1) is 0 Å². The SMILES string of the molecule is CN=C(NCCN1CCN(C(C)=O)CC1)N1CCCC(CC(N)=O)C1. The molecule has 0 aromatic carbocycles. The first-order valence-corrected chi connectivity index (χ1v) is 9.21. The lowest BCUT2D eigenvalue weighted by atomic mass is 9.95. The number of primary amides is 1. The summed E-state index contributed by atoms with van der Waals surface area (Å²) in [6.45, 7) is 8.65. The molecule has 0 aromatic rings. The number of hydrogen-bond acceptors (Lipinski definition) is 4. The fraction of sp³-hybridized carbons (Fsp3) is 0.824. The number of nitrogens with two attached hydrogens (primary N) is 1. The number of piperidine rings is 1. The van der Waals surface area contributed by atoms with Crippen LogP contribution in [0.5, 0.6) is 0 Å². The summed E-state index contributed by atoms with van der Waals surface area (Å²) >= 11 is 0. The van der Waals surface area contributed by atoms with Gasteiger partial charge in [0.25, 0.3) is 0 Å². The van der Waals surface area contributed by atoms with E-state index in [2.05, 4.69) is 20.1 Å². The van der Waals surface area contributed by atoms with Crippen LogP contribution in [-0.2, 0) is 9.59 Å². The van der Waals surface area contributed by atoms with Crippen molar-refractivity contribution in [2.45, 2.75) is 26.2 Å². The molecule has 2 amide bonds. The molecule has 8 nitrogen and oxygen atoms in total. The first-order chi connectivity index (χ1) is 12.0. The van der Waals surface area contributed by atoms with Gasteiger partial charge in [-0.05, 0) is 18.8 Å². The lowest BCUT2D eigenvalue weighted by Crippen LogP contribution is -2.51. The normalized spacial score (nSPS) is 22.8. The molecule has 2 aliphatic heterocycles. The predicted octanol–water partition coefficient (Wildman–Crippen LogP) is -0.687. The monoisotopic (exact) mass is 352 g/mol. The molecule has 25 heavy (non-hydrogen) atoms. The van der Waals surface area contributed by atoms with Crippen LogP contribution in [0.1, 0.15) is 26.2 Å². The van der Waals surface area contributed by atoms with E-state index in [1.807, 2.05) is 4.90 Å². The Bertz CT molecular complexity index is 488. The van der Waals surface area contributed by atoms with Gasteiger partial charge in [0, 0.05) is 72.8 Å². The number of carbonyl (C=O) groups is 2. The summed E-state index contributed by atoms with van der Waals surface area (Å²) in [5, 5.41) is 3.43. The molecule has 0 bridgehead atoms. The maximum absolute atomic E-state index is 11.4. The molecule has 8 heteroatoms. The molecule has 1 atom stereocenters. The fourth-order valence-electron chi connectivity index (χ4n) is 3.65. The van der Waals surface area contributed by atoms with Crippen LogP contribution in [0.15, 0.2) is 4.99 Å². The fourth-order valence-corrected chi connectivity index (χ4v) is 3.65. The second-order valence-electron chi connectivity index (χ2n) is 6.95. The van der Waals surface area contributed by atoms with Crippen LogP contribution >= 0.6 is 0 Å². The van der Waals surface area contributed by atoms with Crippen LogP contribution < -0.4 is 11.1 Å². The van der Waals surface area contributed by atoms with Crippen LogP contribution in [-0.4, -0.2) is 91.9 Å². The third-order valence-corrected chi connectivity index (χ3v) is 5.05. The van der Waals surface area contributed by atoms with Gasteiger partial charge in [-0.2, -0.15) is 0 Å². The summed E-state index contributed by atoms with van der Waals surface area (Å²) in [7, 11) is 1.80. The molecule has 2 saturated heterocycles. The van der Waals surface area contributed by atoms with Crippen molar-refractivity contribution < 1.29 is 9.59 Å². The number of likely N-dealkylation sites (tertiary alicyclic amines) is 1. The third kappa shape index (κ3) is 6.19. The molecule has 0 aromatic heterocycles. The summed E-state index contributed by atoms with van der Waals surface area (Å²) in [6.07, 6.45) is 2.57. The summed E-state index contributed by atoms with van der Waals surface area (Å²) in [5.41, 5.74) is 5.34. The Kier molecular flexibility index (Phi) is 7.49. The standard InChI is InChI=1S/C17H32N6O2/c1-14(24)22-10-8-21(9-11-22)7-5-20-17(19-2)23-6-3-4-15(13-23)12-16(18)25/h15H,3-13H2,1-2H3,(H2,18,25)(H,19,20). The van der Waals surface area contributed by atoms with Crippen LogP contribution in [0.4, 0.5) is 0 Å². The number of amides is 2. The Morgan fingerprint density at radius 3 is 2.48 bits per heavy atom. The van der Waals surface area contributed by atoms with E-state index in [-0.39, 0.29) is 11.8 Å². The second-order valence-corrected chi connectivity index (χ2v) is 6.95. The predicted molar refractivity (Wildman–Crippen MR) is 98.2 cm³/mol. The van der Waals surface area contributed by atoms with Gasteiger partial charge >= 0.3 is 0 Å². The minimum Gasteiger partial charge on any atom is -0.370 e. The van der Waals surface area contributed by atoms with Crippen molar-refractivity contribution in [3.8, 4) is 0 Å². The lowest BCUT2D eigenvalue weighted by Gasteiger charge is -2.36. The van der Waals surface area contributed by atoms with Gasteiger partial charge < -0.3 is 20.9 Å². The molecule has 0 saturated carbocycles. The number of piperazine rings is 1. The molecular weight excluding hydrogens is 320 g/mol. The van der Waals surface area contributed by atoms with E-state index in [9.17, 15) is 9.59 Å². The number of carbonyl (C=O) groups excluding carboxylic acids is 2. The van der Waals surface area contributed by atoms with Crippen molar-refractivity contribution in [1.29, 1.82) is 0 Å². The number of nitrogens with zero attached hydrogens (tertiary/aromatic N) is 4. The van der Waals surface area contributed by atoms with Crippen molar-refractivity contribution in [2.75, 3.05) is 59.4 Å². The minimum atomic E-state index is -0.223. The summed E-state index contributed by atoms with van der Waals surface area (Å²) in [6, 6.07) is 0. The molecule has 2 heterocycles. The number of aliphatic imine (C=N–C) groups is 1. The maximum Gasteiger partial charge on any atom is 0.219 e. The second kappa shape index (κ2) is 9.60.